The fourth-order valence-corrected chi connectivity index (χ4v) is 2.26. The second-order valence-corrected chi connectivity index (χ2v) is 5.44. The third-order valence-corrected chi connectivity index (χ3v) is 3.73. The van der Waals surface area contributed by atoms with Crippen molar-refractivity contribution in [2.45, 2.75) is 32.8 Å². The summed E-state index contributed by atoms with van der Waals surface area (Å²) in [6.45, 7) is 9.77. The van der Waals surface area contributed by atoms with Gasteiger partial charge in [-0.25, -0.2) is 0 Å². The lowest BCUT2D eigenvalue weighted by atomic mass is 10.3. The third-order valence-electron chi connectivity index (χ3n) is 3.73. The van der Waals surface area contributed by atoms with Crippen molar-refractivity contribution >= 4 is 12.4 Å². The van der Waals surface area contributed by atoms with E-state index in [1.807, 2.05) is 24.3 Å². The maximum atomic E-state index is 5.89. The molecule has 22 heavy (non-hydrogen) atoms. The average Bonchev–Trinajstić information content (AvgIpc) is 2.54. The molecule has 1 fully saturated rings. The van der Waals surface area contributed by atoms with Crippen LogP contribution in [0, 0.1) is 0 Å². The Labute approximate surface area is 140 Å². The first-order valence-corrected chi connectivity index (χ1v) is 7.98. The van der Waals surface area contributed by atoms with Crippen LogP contribution in [0.4, 0.5) is 0 Å². The van der Waals surface area contributed by atoms with E-state index in [-0.39, 0.29) is 18.5 Å². The third kappa shape index (κ3) is 6.42. The number of halogens is 1. The molecule has 0 N–H and O–H groups in total. The molecule has 0 aromatic heterocycles. The normalized spacial score (nSPS) is 16.6. The van der Waals surface area contributed by atoms with Gasteiger partial charge in [-0.1, -0.05) is 19.1 Å². The van der Waals surface area contributed by atoms with Crippen LogP contribution in [0.25, 0.3) is 0 Å². The summed E-state index contributed by atoms with van der Waals surface area (Å²) in [5.74, 6) is 1.69. The van der Waals surface area contributed by atoms with Crippen molar-refractivity contribution in [1.29, 1.82) is 0 Å². The topological polar surface area (TPSA) is 30.9 Å². The molecule has 0 spiro atoms. The number of para-hydroxylation sites is 2. The van der Waals surface area contributed by atoms with Crippen LogP contribution in [-0.2, 0) is 4.74 Å². The van der Waals surface area contributed by atoms with E-state index in [1.165, 1.54) is 0 Å². The van der Waals surface area contributed by atoms with E-state index in [9.17, 15) is 0 Å². The zero-order valence-electron chi connectivity index (χ0n) is 13.6. The highest BCUT2D eigenvalue weighted by atomic mass is 35.5. The highest BCUT2D eigenvalue weighted by Crippen LogP contribution is 2.27. The molecule has 1 unspecified atom stereocenters. The molecule has 1 aromatic rings. The molecule has 0 bridgehead atoms. The largest absolute Gasteiger partial charge is 0.490 e. The molecule has 126 valence electrons. The summed E-state index contributed by atoms with van der Waals surface area (Å²) in [6.07, 6.45) is 2.23. The lowest BCUT2D eigenvalue weighted by molar-refractivity contribution is 0.0357. The molecular weight excluding hydrogens is 302 g/mol. The first-order chi connectivity index (χ1) is 10.3. The average molecular weight is 330 g/mol. The minimum absolute atomic E-state index is 0. The van der Waals surface area contributed by atoms with Crippen molar-refractivity contribution in [3.05, 3.63) is 24.3 Å². The van der Waals surface area contributed by atoms with Crippen molar-refractivity contribution < 1.29 is 14.2 Å². The van der Waals surface area contributed by atoms with Gasteiger partial charge in [0.1, 0.15) is 0 Å². The van der Waals surface area contributed by atoms with Gasteiger partial charge in [-0.2, -0.15) is 0 Å². The van der Waals surface area contributed by atoms with Crippen LogP contribution in [0.5, 0.6) is 11.5 Å². The highest BCUT2D eigenvalue weighted by molar-refractivity contribution is 5.85. The number of rotatable bonds is 8. The molecule has 4 nitrogen and oxygen atoms in total. The summed E-state index contributed by atoms with van der Waals surface area (Å²) in [5.41, 5.74) is 0. The van der Waals surface area contributed by atoms with Gasteiger partial charge < -0.3 is 14.2 Å². The van der Waals surface area contributed by atoms with Crippen molar-refractivity contribution in [3.8, 4) is 11.5 Å². The maximum Gasteiger partial charge on any atom is 0.161 e. The smallest absolute Gasteiger partial charge is 0.161 e. The molecular formula is C17H28ClNO3. The summed E-state index contributed by atoms with van der Waals surface area (Å²) >= 11 is 0. The molecule has 5 heteroatoms. The molecule has 2 rings (SSSR count). The number of nitrogens with zero attached hydrogens (tertiary/aromatic N) is 1. The van der Waals surface area contributed by atoms with Crippen molar-refractivity contribution in [2.75, 3.05) is 39.5 Å². The first kappa shape index (κ1) is 19.1. The van der Waals surface area contributed by atoms with Crippen LogP contribution in [-0.4, -0.2) is 50.5 Å². The molecule has 0 aliphatic carbocycles. The fourth-order valence-electron chi connectivity index (χ4n) is 2.26. The Morgan fingerprint density at radius 1 is 1.18 bits per heavy atom. The number of benzene rings is 1. The predicted molar refractivity (Wildman–Crippen MR) is 91.4 cm³/mol. The molecule has 0 saturated carbocycles. The summed E-state index contributed by atoms with van der Waals surface area (Å²) < 4.78 is 17.1. The quantitative estimate of drug-likeness (QED) is 0.684. The van der Waals surface area contributed by atoms with Crippen LogP contribution in [0.15, 0.2) is 24.3 Å². The summed E-state index contributed by atoms with van der Waals surface area (Å²) in [5, 5.41) is 0. The van der Waals surface area contributed by atoms with Gasteiger partial charge in [-0.3, -0.25) is 4.90 Å². The minimum Gasteiger partial charge on any atom is -0.490 e. The Morgan fingerprint density at radius 3 is 2.55 bits per heavy atom. The molecule has 1 saturated heterocycles. The molecule has 1 heterocycles. The Bertz CT molecular complexity index is 411. The van der Waals surface area contributed by atoms with Crippen molar-refractivity contribution in [1.82, 2.24) is 4.90 Å². The number of hydrogen-bond donors (Lipinski definition) is 0. The lowest BCUT2D eigenvalue weighted by Gasteiger charge is -2.26. The molecule has 1 atom stereocenters. The highest BCUT2D eigenvalue weighted by Gasteiger charge is 2.10. The monoisotopic (exact) mass is 329 g/mol. The van der Waals surface area contributed by atoms with Crippen LogP contribution in [0.3, 0.4) is 0 Å². The first-order valence-electron chi connectivity index (χ1n) is 7.98. The van der Waals surface area contributed by atoms with Gasteiger partial charge >= 0.3 is 0 Å². The molecule has 0 amide bonds. The Morgan fingerprint density at radius 2 is 1.86 bits per heavy atom. The van der Waals surface area contributed by atoms with Gasteiger partial charge in [-0.15, -0.1) is 12.4 Å². The van der Waals surface area contributed by atoms with Crippen LogP contribution < -0.4 is 9.47 Å². The van der Waals surface area contributed by atoms with Gasteiger partial charge in [0.15, 0.2) is 11.5 Å². The van der Waals surface area contributed by atoms with Crippen LogP contribution in [0.1, 0.15) is 26.7 Å². The van der Waals surface area contributed by atoms with Crippen molar-refractivity contribution in [3.63, 3.8) is 0 Å². The van der Waals surface area contributed by atoms with Gasteiger partial charge in [0.2, 0.25) is 0 Å². The lowest BCUT2D eigenvalue weighted by Crippen LogP contribution is -2.37. The molecule has 1 aromatic carbocycles. The Balaban J connectivity index is 0.00000242. The van der Waals surface area contributed by atoms with E-state index in [0.717, 1.165) is 63.8 Å². The molecule has 1 aliphatic heterocycles. The van der Waals surface area contributed by atoms with Crippen molar-refractivity contribution in [2.24, 2.45) is 0 Å². The van der Waals surface area contributed by atoms with E-state index < -0.39 is 0 Å². The second-order valence-electron chi connectivity index (χ2n) is 5.44. The molecule has 0 radical (unpaired) electrons. The van der Waals surface area contributed by atoms with E-state index >= 15 is 0 Å². The molecule has 1 aliphatic rings. The maximum absolute atomic E-state index is 5.89. The standard InChI is InChI=1S/C17H27NO3.ClH/c1-3-15(2)21-17-8-5-4-7-16(17)20-12-6-9-18-10-13-19-14-11-18;/h4-5,7-8,15H,3,6,9-14H2,1-2H3;1H. The Hall–Kier alpha value is -0.970. The zero-order valence-corrected chi connectivity index (χ0v) is 14.4. The van der Waals surface area contributed by atoms with E-state index in [2.05, 4.69) is 18.7 Å². The van der Waals surface area contributed by atoms with Crippen LogP contribution >= 0.6 is 12.4 Å². The van der Waals surface area contributed by atoms with Gasteiger partial charge in [0, 0.05) is 19.6 Å². The zero-order chi connectivity index (χ0) is 14.9. The SMILES string of the molecule is CCC(C)Oc1ccccc1OCCCN1CCOCC1.Cl. The van der Waals surface area contributed by atoms with Gasteiger partial charge in [0.05, 0.1) is 25.9 Å². The number of ether oxygens (including phenoxy) is 3. The van der Waals surface area contributed by atoms with E-state index in [0.29, 0.717) is 0 Å². The minimum atomic E-state index is 0. The van der Waals surface area contributed by atoms with Crippen LogP contribution in [0.2, 0.25) is 0 Å². The van der Waals surface area contributed by atoms with Gasteiger partial charge in [-0.05, 0) is 31.9 Å². The Kier molecular flexibility index (Phi) is 9.28. The van der Waals surface area contributed by atoms with Gasteiger partial charge in [0.25, 0.3) is 0 Å². The number of morpholine rings is 1. The van der Waals surface area contributed by atoms with E-state index in [1.54, 1.807) is 0 Å². The summed E-state index contributed by atoms with van der Waals surface area (Å²) in [7, 11) is 0. The second kappa shape index (κ2) is 10.7. The number of hydrogen-bond acceptors (Lipinski definition) is 4. The summed E-state index contributed by atoms with van der Waals surface area (Å²) in [4.78, 5) is 2.43. The fraction of sp³-hybridized carbons (Fsp3) is 0.647. The van der Waals surface area contributed by atoms with E-state index in [4.69, 9.17) is 14.2 Å². The predicted octanol–water partition coefficient (Wildman–Crippen LogP) is 3.39. The summed E-state index contributed by atoms with van der Waals surface area (Å²) in [6, 6.07) is 7.93.